The number of hydrogen-bond donors (Lipinski definition) is 1. The molecule has 27 heavy (non-hydrogen) atoms. The fourth-order valence-electron chi connectivity index (χ4n) is 2.85. The first-order chi connectivity index (χ1) is 13.1. The Labute approximate surface area is 160 Å². The zero-order valence-corrected chi connectivity index (χ0v) is 16.0. The summed E-state index contributed by atoms with van der Waals surface area (Å²) in [5.41, 5.74) is 1.82. The van der Waals surface area contributed by atoms with Gasteiger partial charge in [-0.25, -0.2) is 0 Å². The second-order valence-electron chi connectivity index (χ2n) is 6.52. The van der Waals surface area contributed by atoms with E-state index in [0.29, 0.717) is 43.6 Å². The fourth-order valence-corrected chi connectivity index (χ4v) is 2.85. The highest BCUT2D eigenvalue weighted by Crippen LogP contribution is 2.32. The van der Waals surface area contributed by atoms with Crippen molar-refractivity contribution in [3.63, 3.8) is 0 Å². The maximum absolute atomic E-state index is 12.6. The van der Waals surface area contributed by atoms with Gasteiger partial charge in [0, 0.05) is 18.3 Å². The first-order valence-corrected chi connectivity index (χ1v) is 9.19. The molecule has 3 rings (SSSR count). The van der Waals surface area contributed by atoms with E-state index < -0.39 is 0 Å². The van der Waals surface area contributed by atoms with E-state index >= 15 is 0 Å². The molecule has 1 aliphatic rings. The van der Waals surface area contributed by atoms with Crippen molar-refractivity contribution in [3.8, 4) is 17.2 Å². The van der Waals surface area contributed by atoms with Gasteiger partial charge in [0.05, 0.1) is 12.6 Å². The summed E-state index contributed by atoms with van der Waals surface area (Å²) in [5.74, 6) is 2.16. The molecule has 0 bridgehead atoms. The molecule has 1 heterocycles. The molecule has 6 nitrogen and oxygen atoms in total. The average Bonchev–Trinajstić information content (AvgIpc) is 2.69. The highest BCUT2D eigenvalue weighted by Gasteiger charge is 2.19. The maximum Gasteiger partial charge on any atom is 0.241 e. The Morgan fingerprint density at radius 3 is 2.56 bits per heavy atom. The Kier molecular flexibility index (Phi) is 6.19. The number of nitrogens with one attached hydrogen (secondary N) is 1. The quantitative estimate of drug-likeness (QED) is 0.810. The van der Waals surface area contributed by atoms with Gasteiger partial charge >= 0.3 is 0 Å². The van der Waals surface area contributed by atoms with Crippen LogP contribution in [0.4, 0.5) is 5.69 Å². The van der Waals surface area contributed by atoms with Crippen molar-refractivity contribution < 1.29 is 19.0 Å². The summed E-state index contributed by atoms with van der Waals surface area (Å²) >= 11 is 0. The number of rotatable bonds is 7. The van der Waals surface area contributed by atoms with Crippen molar-refractivity contribution in [1.82, 2.24) is 4.90 Å². The molecule has 2 aromatic rings. The third kappa shape index (κ3) is 4.92. The first-order valence-electron chi connectivity index (χ1n) is 9.19. The second kappa shape index (κ2) is 8.77. The largest absolute Gasteiger partial charge is 0.494 e. The monoisotopic (exact) mass is 370 g/mol. The standard InChI is InChI=1S/C21H26N2O4/c1-4-25-18-8-5-16(6-9-18)14-23(3)15(2)21(24)22-17-7-10-19-20(13-17)27-12-11-26-19/h5-10,13,15H,4,11-12,14H2,1-3H3,(H,22,24). The van der Waals surface area contributed by atoms with E-state index in [0.717, 1.165) is 11.3 Å². The van der Waals surface area contributed by atoms with Crippen LogP contribution in [0.5, 0.6) is 17.2 Å². The summed E-state index contributed by atoms with van der Waals surface area (Å²) in [6.07, 6.45) is 0. The van der Waals surface area contributed by atoms with Crippen molar-refractivity contribution in [2.75, 3.05) is 32.2 Å². The summed E-state index contributed by atoms with van der Waals surface area (Å²) < 4.78 is 16.5. The summed E-state index contributed by atoms with van der Waals surface area (Å²) in [5, 5.41) is 2.95. The van der Waals surface area contributed by atoms with Crippen LogP contribution in [0.15, 0.2) is 42.5 Å². The number of likely N-dealkylation sites (N-methyl/N-ethyl adjacent to an activating group) is 1. The molecular weight excluding hydrogens is 344 g/mol. The smallest absolute Gasteiger partial charge is 0.241 e. The van der Waals surface area contributed by atoms with E-state index in [-0.39, 0.29) is 11.9 Å². The Morgan fingerprint density at radius 1 is 1.15 bits per heavy atom. The molecule has 1 N–H and O–H groups in total. The van der Waals surface area contributed by atoms with Gasteiger partial charge in [0.15, 0.2) is 11.5 Å². The molecule has 0 saturated heterocycles. The maximum atomic E-state index is 12.6. The lowest BCUT2D eigenvalue weighted by Crippen LogP contribution is -2.39. The Bertz CT molecular complexity index is 776. The second-order valence-corrected chi connectivity index (χ2v) is 6.52. The van der Waals surface area contributed by atoms with E-state index in [2.05, 4.69) is 5.32 Å². The average molecular weight is 370 g/mol. The van der Waals surface area contributed by atoms with Gasteiger partial charge < -0.3 is 19.5 Å². The highest BCUT2D eigenvalue weighted by molar-refractivity contribution is 5.94. The van der Waals surface area contributed by atoms with Crippen LogP contribution >= 0.6 is 0 Å². The number of fused-ring (bicyclic) bond motifs is 1. The van der Waals surface area contributed by atoms with E-state index in [1.54, 1.807) is 6.07 Å². The molecule has 1 unspecified atom stereocenters. The topological polar surface area (TPSA) is 60.0 Å². The molecule has 1 amide bonds. The van der Waals surface area contributed by atoms with Gasteiger partial charge in [-0.2, -0.15) is 0 Å². The van der Waals surface area contributed by atoms with E-state index in [1.165, 1.54) is 0 Å². The van der Waals surface area contributed by atoms with E-state index in [9.17, 15) is 4.79 Å². The van der Waals surface area contributed by atoms with Crippen LogP contribution in [-0.4, -0.2) is 43.7 Å². The number of carbonyl (C=O) groups excluding carboxylic acids is 1. The van der Waals surface area contributed by atoms with Gasteiger partial charge in [-0.1, -0.05) is 12.1 Å². The zero-order chi connectivity index (χ0) is 19.2. The number of anilines is 1. The minimum atomic E-state index is -0.287. The molecular formula is C21H26N2O4. The highest BCUT2D eigenvalue weighted by atomic mass is 16.6. The lowest BCUT2D eigenvalue weighted by Gasteiger charge is -2.24. The van der Waals surface area contributed by atoms with E-state index in [1.807, 2.05) is 62.2 Å². The molecule has 1 atom stereocenters. The molecule has 144 valence electrons. The number of carbonyl (C=O) groups is 1. The predicted molar refractivity (Wildman–Crippen MR) is 105 cm³/mol. The van der Waals surface area contributed by atoms with Crippen LogP contribution in [0.1, 0.15) is 19.4 Å². The predicted octanol–water partition coefficient (Wildman–Crippen LogP) is 3.32. The molecule has 0 fully saturated rings. The summed E-state index contributed by atoms with van der Waals surface area (Å²) in [6, 6.07) is 13.1. The van der Waals surface area contributed by atoms with Gasteiger partial charge in [0.1, 0.15) is 19.0 Å². The molecule has 6 heteroatoms. The van der Waals surface area contributed by atoms with Gasteiger partial charge in [0.2, 0.25) is 5.91 Å². The fraction of sp³-hybridized carbons (Fsp3) is 0.381. The molecule has 0 aromatic heterocycles. The van der Waals surface area contributed by atoms with Crippen LogP contribution in [-0.2, 0) is 11.3 Å². The number of hydrogen-bond acceptors (Lipinski definition) is 5. The molecule has 0 spiro atoms. The summed E-state index contributed by atoms with van der Waals surface area (Å²) in [6.45, 7) is 6.24. The molecule has 0 aliphatic carbocycles. The van der Waals surface area contributed by atoms with Crippen LogP contribution < -0.4 is 19.5 Å². The van der Waals surface area contributed by atoms with Crippen LogP contribution in [0.3, 0.4) is 0 Å². The van der Waals surface area contributed by atoms with Crippen LogP contribution in [0.25, 0.3) is 0 Å². The van der Waals surface area contributed by atoms with Crippen LogP contribution in [0.2, 0.25) is 0 Å². The minimum Gasteiger partial charge on any atom is -0.494 e. The zero-order valence-electron chi connectivity index (χ0n) is 16.0. The lowest BCUT2D eigenvalue weighted by molar-refractivity contribution is -0.120. The minimum absolute atomic E-state index is 0.0693. The number of benzene rings is 2. The third-order valence-corrected chi connectivity index (χ3v) is 4.52. The van der Waals surface area contributed by atoms with E-state index in [4.69, 9.17) is 14.2 Å². The third-order valence-electron chi connectivity index (χ3n) is 4.52. The first kappa shape index (κ1) is 19.0. The van der Waals surface area contributed by atoms with Gasteiger partial charge in [-0.15, -0.1) is 0 Å². The molecule has 2 aromatic carbocycles. The van der Waals surface area contributed by atoms with Gasteiger partial charge in [-0.3, -0.25) is 9.69 Å². The summed E-state index contributed by atoms with van der Waals surface area (Å²) in [4.78, 5) is 14.6. The SMILES string of the molecule is CCOc1ccc(CN(C)C(C)C(=O)Nc2ccc3c(c2)OCCO3)cc1. The summed E-state index contributed by atoms with van der Waals surface area (Å²) in [7, 11) is 1.94. The Hall–Kier alpha value is -2.73. The Morgan fingerprint density at radius 2 is 1.85 bits per heavy atom. The molecule has 1 aliphatic heterocycles. The number of ether oxygens (including phenoxy) is 3. The Balaban J connectivity index is 1.57. The lowest BCUT2D eigenvalue weighted by atomic mass is 10.1. The van der Waals surface area contributed by atoms with Crippen molar-refractivity contribution in [2.24, 2.45) is 0 Å². The van der Waals surface area contributed by atoms with Gasteiger partial charge in [0.25, 0.3) is 0 Å². The van der Waals surface area contributed by atoms with Crippen LogP contribution in [0, 0.1) is 0 Å². The number of nitrogens with zero attached hydrogens (tertiary/aromatic N) is 1. The normalized spacial score (nSPS) is 13.9. The van der Waals surface area contributed by atoms with Crippen molar-refractivity contribution in [3.05, 3.63) is 48.0 Å². The van der Waals surface area contributed by atoms with Crippen molar-refractivity contribution in [1.29, 1.82) is 0 Å². The van der Waals surface area contributed by atoms with Gasteiger partial charge in [-0.05, 0) is 50.7 Å². The molecule has 0 radical (unpaired) electrons. The van der Waals surface area contributed by atoms with Crippen molar-refractivity contribution in [2.45, 2.75) is 26.4 Å². The number of amides is 1. The van der Waals surface area contributed by atoms with Crippen molar-refractivity contribution >= 4 is 11.6 Å². The molecule has 0 saturated carbocycles.